The topological polar surface area (TPSA) is 96.4 Å². The van der Waals surface area contributed by atoms with Crippen LogP contribution in [-0.2, 0) is 24.2 Å². The molecule has 0 unspecified atom stereocenters. The van der Waals surface area contributed by atoms with Gasteiger partial charge in [-0.2, -0.15) is 0 Å². The van der Waals surface area contributed by atoms with Gasteiger partial charge in [0, 0.05) is 37.3 Å². The molecule has 1 N–H and O–H groups in total. The van der Waals surface area contributed by atoms with Crippen LogP contribution in [0.25, 0.3) is 11.1 Å². The van der Waals surface area contributed by atoms with Crippen molar-refractivity contribution in [2.45, 2.75) is 25.8 Å². The normalized spacial score (nSPS) is 12.3. The first-order valence-corrected chi connectivity index (χ1v) is 14.7. The van der Waals surface area contributed by atoms with Gasteiger partial charge < -0.3 is 24.4 Å². The highest BCUT2D eigenvalue weighted by molar-refractivity contribution is 6.06. The van der Waals surface area contributed by atoms with Gasteiger partial charge in [0.15, 0.2) is 0 Å². The van der Waals surface area contributed by atoms with Crippen molar-refractivity contribution in [1.29, 1.82) is 0 Å². The second kappa shape index (κ2) is 13.9. The number of hydrogen-bond donors (Lipinski definition) is 1. The third-order valence-corrected chi connectivity index (χ3v) is 8.04. The summed E-state index contributed by atoms with van der Waals surface area (Å²) in [6, 6.07) is 28.2. The molecule has 1 heterocycles. The largest absolute Gasteiger partial charge is 0.497 e. The molecular weight excluding hydrogens is 556 g/mol. The van der Waals surface area contributed by atoms with Gasteiger partial charge in [0.05, 0.1) is 20.6 Å². The Labute approximate surface area is 257 Å². The number of amides is 2. The van der Waals surface area contributed by atoms with Crippen molar-refractivity contribution < 1.29 is 29.0 Å². The predicted octanol–water partition coefficient (Wildman–Crippen LogP) is 5.73. The Morgan fingerprint density at radius 1 is 0.795 bits per heavy atom. The van der Waals surface area contributed by atoms with Crippen LogP contribution < -0.4 is 9.47 Å². The first kappa shape index (κ1) is 30.4. The average Bonchev–Trinajstić information content (AvgIpc) is 3.07. The molecule has 0 spiro atoms. The minimum atomic E-state index is -0.992. The Balaban J connectivity index is 1.45. The first-order chi connectivity index (χ1) is 21.4. The third kappa shape index (κ3) is 6.75. The minimum absolute atomic E-state index is 0.0303. The number of nitrogens with zero attached hydrogens (tertiary/aromatic N) is 2. The number of carbonyl (C=O) groups is 3. The van der Waals surface area contributed by atoms with Crippen molar-refractivity contribution in [2.24, 2.45) is 0 Å². The average molecular weight is 593 g/mol. The Morgan fingerprint density at radius 2 is 1.45 bits per heavy atom. The number of methoxy groups -OCH3 is 2. The van der Waals surface area contributed by atoms with Crippen LogP contribution in [0.15, 0.2) is 91.0 Å². The van der Waals surface area contributed by atoms with Crippen molar-refractivity contribution >= 4 is 17.8 Å². The van der Waals surface area contributed by atoms with E-state index in [2.05, 4.69) is 12.1 Å². The number of benzene rings is 4. The Morgan fingerprint density at radius 3 is 2.16 bits per heavy atom. The lowest BCUT2D eigenvalue weighted by molar-refractivity contribution is -0.137. The van der Waals surface area contributed by atoms with Gasteiger partial charge in [0.25, 0.3) is 11.8 Å². The summed E-state index contributed by atoms with van der Waals surface area (Å²) in [6.07, 6.45) is 1.02. The zero-order chi connectivity index (χ0) is 31.1. The molecule has 8 heteroatoms. The van der Waals surface area contributed by atoms with Crippen molar-refractivity contribution in [1.82, 2.24) is 9.80 Å². The van der Waals surface area contributed by atoms with Crippen LogP contribution in [0.5, 0.6) is 11.5 Å². The number of ether oxygens (including phenoxy) is 2. The number of aliphatic carboxylic acids is 1. The zero-order valence-corrected chi connectivity index (χ0v) is 25.0. The maximum absolute atomic E-state index is 14.2. The van der Waals surface area contributed by atoms with E-state index in [0.29, 0.717) is 53.3 Å². The molecule has 8 nitrogen and oxygen atoms in total. The van der Waals surface area contributed by atoms with E-state index >= 15 is 0 Å². The summed E-state index contributed by atoms with van der Waals surface area (Å²) >= 11 is 0. The number of carboxylic acids is 1. The molecule has 0 saturated carbocycles. The van der Waals surface area contributed by atoms with Crippen molar-refractivity contribution in [2.75, 3.05) is 33.9 Å². The molecular formula is C36H36N2O6. The van der Waals surface area contributed by atoms with Crippen molar-refractivity contribution in [3.05, 3.63) is 119 Å². The van der Waals surface area contributed by atoms with Gasteiger partial charge in [0.2, 0.25) is 0 Å². The number of rotatable bonds is 11. The van der Waals surface area contributed by atoms with E-state index in [9.17, 15) is 19.5 Å². The Bertz CT molecular complexity index is 1670. The van der Waals surface area contributed by atoms with Crippen LogP contribution in [0.2, 0.25) is 0 Å². The summed E-state index contributed by atoms with van der Waals surface area (Å²) in [5, 5.41) is 9.45. The van der Waals surface area contributed by atoms with Crippen LogP contribution in [-0.4, -0.2) is 66.5 Å². The van der Waals surface area contributed by atoms with Gasteiger partial charge in [-0.1, -0.05) is 60.7 Å². The molecule has 44 heavy (non-hydrogen) atoms. The molecule has 1 aliphatic heterocycles. The smallest absolute Gasteiger partial charge is 0.305 e. The highest BCUT2D eigenvalue weighted by Crippen LogP contribution is 2.31. The summed E-state index contributed by atoms with van der Waals surface area (Å²) in [6.45, 7) is 1.43. The van der Waals surface area contributed by atoms with Crippen LogP contribution in [0.1, 0.15) is 43.8 Å². The second-order valence-corrected chi connectivity index (χ2v) is 10.7. The molecule has 226 valence electrons. The van der Waals surface area contributed by atoms with Gasteiger partial charge in [-0.15, -0.1) is 0 Å². The van der Waals surface area contributed by atoms with Crippen LogP contribution in [0.4, 0.5) is 0 Å². The van der Waals surface area contributed by atoms with E-state index in [1.54, 1.807) is 43.4 Å². The first-order valence-electron chi connectivity index (χ1n) is 14.7. The number of carbonyl (C=O) groups excluding carboxylic acids is 2. The van der Waals surface area contributed by atoms with E-state index in [-0.39, 0.29) is 31.3 Å². The number of carboxylic acid groups (broad SMARTS) is 1. The molecule has 0 aromatic heterocycles. The van der Waals surface area contributed by atoms with E-state index in [4.69, 9.17) is 9.47 Å². The lowest BCUT2D eigenvalue weighted by atomic mass is 9.93. The summed E-state index contributed by atoms with van der Waals surface area (Å²) in [5.41, 5.74) is 5.44. The molecule has 0 aliphatic carbocycles. The molecule has 2 amide bonds. The maximum atomic E-state index is 14.2. The van der Waals surface area contributed by atoms with Gasteiger partial charge >= 0.3 is 5.97 Å². The lowest BCUT2D eigenvalue weighted by Crippen LogP contribution is -2.36. The van der Waals surface area contributed by atoms with Gasteiger partial charge in [-0.05, 0) is 71.0 Å². The lowest BCUT2D eigenvalue weighted by Gasteiger charge is -2.30. The SMILES string of the molecule is COc1ccc(OC)c(CCN(CCC(=O)O)C(=O)c2ccccc2-c2ccccc2C(=O)N2CCc3ccccc3C2)c1. The van der Waals surface area contributed by atoms with Crippen LogP contribution in [0, 0.1) is 0 Å². The summed E-state index contributed by atoms with van der Waals surface area (Å²) in [4.78, 5) is 43.0. The number of hydrogen-bond acceptors (Lipinski definition) is 5. The fourth-order valence-electron chi connectivity index (χ4n) is 5.70. The predicted molar refractivity (Wildman–Crippen MR) is 168 cm³/mol. The number of fused-ring (bicyclic) bond motifs is 1. The van der Waals surface area contributed by atoms with E-state index in [1.807, 2.05) is 59.5 Å². The monoisotopic (exact) mass is 592 g/mol. The molecule has 5 rings (SSSR count). The van der Waals surface area contributed by atoms with Gasteiger partial charge in [-0.25, -0.2) is 0 Å². The molecule has 0 bridgehead atoms. The third-order valence-electron chi connectivity index (χ3n) is 8.04. The fourth-order valence-corrected chi connectivity index (χ4v) is 5.70. The highest BCUT2D eigenvalue weighted by atomic mass is 16.5. The second-order valence-electron chi connectivity index (χ2n) is 10.7. The zero-order valence-electron chi connectivity index (χ0n) is 25.0. The molecule has 0 saturated heterocycles. The van der Waals surface area contributed by atoms with E-state index in [0.717, 1.165) is 17.5 Å². The maximum Gasteiger partial charge on any atom is 0.305 e. The van der Waals surface area contributed by atoms with E-state index in [1.165, 1.54) is 5.56 Å². The molecule has 0 atom stereocenters. The highest BCUT2D eigenvalue weighted by Gasteiger charge is 2.26. The molecule has 0 fully saturated rings. The molecule has 4 aromatic carbocycles. The Hall–Kier alpha value is -5.11. The summed E-state index contributed by atoms with van der Waals surface area (Å²) in [5.74, 6) is -0.0743. The van der Waals surface area contributed by atoms with Gasteiger partial charge in [-0.3, -0.25) is 14.4 Å². The van der Waals surface area contributed by atoms with Crippen LogP contribution in [0.3, 0.4) is 0 Å². The molecule has 0 radical (unpaired) electrons. The quantitative estimate of drug-likeness (QED) is 0.239. The van der Waals surface area contributed by atoms with Crippen LogP contribution >= 0.6 is 0 Å². The minimum Gasteiger partial charge on any atom is -0.497 e. The Kier molecular flexibility index (Phi) is 9.59. The summed E-state index contributed by atoms with van der Waals surface area (Å²) < 4.78 is 10.9. The summed E-state index contributed by atoms with van der Waals surface area (Å²) in [7, 11) is 3.16. The van der Waals surface area contributed by atoms with E-state index < -0.39 is 5.97 Å². The standard InChI is InChI=1S/C36H36N2O6/c1-43-28-15-16-33(44-2)26(23-28)18-20-37(22-19-34(39)40)35(41)31-13-7-5-11-29(31)30-12-6-8-14-32(30)36(42)38-21-17-25-9-3-4-10-27(25)24-38/h3-16,23H,17-22,24H2,1-2H3,(H,39,40). The van der Waals surface area contributed by atoms with Gasteiger partial charge in [0.1, 0.15) is 11.5 Å². The van der Waals surface area contributed by atoms with Crippen molar-refractivity contribution in [3.8, 4) is 22.6 Å². The molecule has 4 aromatic rings. The van der Waals surface area contributed by atoms with Crippen molar-refractivity contribution in [3.63, 3.8) is 0 Å². The fraction of sp³-hybridized carbons (Fsp3) is 0.250. The molecule has 1 aliphatic rings.